The molecule has 2 aromatic rings. The van der Waals surface area contributed by atoms with Crippen molar-refractivity contribution in [2.45, 2.75) is 0 Å². The highest BCUT2D eigenvalue weighted by atomic mass is 15.5. The second kappa shape index (κ2) is 7.75. The Balaban J connectivity index is 1.58. The Morgan fingerprint density at radius 1 is 0.739 bits per heavy atom. The number of hydrogen-bond acceptors (Lipinski definition) is 3. The Morgan fingerprint density at radius 3 is 1.96 bits per heavy atom. The smallest absolute Gasteiger partial charge is 0.0542 e. The lowest BCUT2D eigenvalue weighted by Gasteiger charge is -2.30. The lowest BCUT2D eigenvalue weighted by atomic mass is 10.1. The summed E-state index contributed by atoms with van der Waals surface area (Å²) in [4.78, 5) is 2.33. The molecule has 0 bridgehead atoms. The predicted molar refractivity (Wildman–Crippen MR) is 98.5 cm³/mol. The first-order valence-corrected chi connectivity index (χ1v) is 8.10. The van der Waals surface area contributed by atoms with Gasteiger partial charge in [-0.25, -0.2) is 0 Å². The van der Waals surface area contributed by atoms with Crippen LogP contribution in [0.3, 0.4) is 0 Å². The number of rotatable bonds is 4. The van der Waals surface area contributed by atoms with Crippen LogP contribution in [0.5, 0.6) is 0 Å². The molecule has 0 amide bonds. The van der Waals surface area contributed by atoms with Crippen molar-refractivity contribution in [3.05, 3.63) is 71.3 Å². The third-order valence-electron chi connectivity index (χ3n) is 4.05. The molecule has 0 atom stereocenters. The van der Waals surface area contributed by atoms with E-state index in [1.54, 1.807) is 0 Å². The van der Waals surface area contributed by atoms with E-state index in [0.29, 0.717) is 0 Å². The summed E-state index contributed by atoms with van der Waals surface area (Å²) in [5.74, 6) is 0. The van der Waals surface area contributed by atoms with Gasteiger partial charge in [-0.1, -0.05) is 66.7 Å². The zero-order valence-electron chi connectivity index (χ0n) is 13.6. The summed E-state index contributed by atoms with van der Waals surface area (Å²) >= 11 is 0. The Bertz CT molecular complexity index is 651. The van der Waals surface area contributed by atoms with E-state index in [9.17, 15) is 0 Å². The normalized spacial score (nSPS) is 16.5. The highest BCUT2D eigenvalue weighted by Gasteiger charge is 2.10. The van der Waals surface area contributed by atoms with E-state index >= 15 is 0 Å². The van der Waals surface area contributed by atoms with Gasteiger partial charge in [0, 0.05) is 26.2 Å². The standard InChI is InChI=1S/C20H23N3/c1-22-13-15-23(16-14-22)21-17-20-11-9-19(10-12-20)8-7-18-5-3-2-4-6-18/h2-12,17H,13-16H2,1H3/b8-7+,21-17+. The van der Waals surface area contributed by atoms with Gasteiger partial charge in [0.15, 0.2) is 0 Å². The summed E-state index contributed by atoms with van der Waals surface area (Å²) in [6.07, 6.45) is 6.22. The molecule has 1 aliphatic heterocycles. The molecule has 1 fully saturated rings. The van der Waals surface area contributed by atoms with Crippen molar-refractivity contribution >= 4 is 18.4 Å². The van der Waals surface area contributed by atoms with Crippen molar-refractivity contribution in [3.8, 4) is 0 Å². The lowest BCUT2D eigenvalue weighted by Crippen LogP contribution is -2.41. The van der Waals surface area contributed by atoms with Crippen molar-refractivity contribution in [1.82, 2.24) is 9.91 Å². The van der Waals surface area contributed by atoms with Crippen LogP contribution in [0.4, 0.5) is 0 Å². The van der Waals surface area contributed by atoms with Gasteiger partial charge in [-0.05, 0) is 23.7 Å². The fourth-order valence-electron chi connectivity index (χ4n) is 2.51. The molecule has 23 heavy (non-hydrogen) atoms. The molecule has 0 aromatic heterocycles. The molecule has 1 saturated heterocycles. The fraction of sp³-hybridized carbons (Fsp3) is 0.250. The van der Waals surface area contributed by atoms with Gasteiger partial charge in [-0.2, -0.15) is 5.10 Å². The molecule has 1 aliphatic rings. The molecule has 0 unspecified atom stereocenters. The molecule has 0 spiro atoms. The molecular weight excluding hydrogens is 282 g/mol. The summed E-state index contributed by atoms with van der Waals surface area (Å²) in [6, 6.07) is 18.8. The topological polar surface area (TPSA) is 18.8 Å². The fourth-order valence-corrected chi connectivity index (χ4v) is 2.51. The molecule has 3 heteroatoms. The van der Waals surface area contributed by atoms with Crippen LogP contribution < -0.4 is 0 Å². The SMILES string of the molecule is CN1CCN(/N=C/c2ccc(/C=C/c3ccccc3)cc2)CC1. The molecule has 1 heterocycles. The van der Waals surface area contributed by atoms with Crippen LogP contribution >= 0.6 is 0 Å². The second-order valence-electron chi connectivity index (χ2n) is 5.91. The van der Waals surface area contributed by atoms with E-state index in [-0.39, 0.29) is 0 Å². The Labute approximate surface area is 138 Å². The molecule has 0 aliphatic carbocycles. The average molecular weight is 305 g/mol. The van der Waals surface area contributed by atoms with Crippen molar-refractivity contribution < 1.29 is 0 Å². The highest BCUT2D eigenvalue weighted by Crippen LogP contribution is 2.09. The third-order valence-corrected chi connectivity index (χ3v) is 4.05. The quantitative estimate of drug-likeness (QED) is 0.636. The maximum atomic E-state index is 4.57. The van der Waals surface area contributed by atoms with Crippen LogP contribution in [0, 0.1) is 0 Å². The maximum absolute atomic E-state index is 4.57. The molecule has 3 rings (SSSR count). The van der Waals surface area contributed by atoms with Crippen molar-refractivity contribution in [2.24, 2.45) is 5.10 Å². The molecular formula is C20H23N3. The minimum Gasteiger partial charge on any atom is -0.303 e. The Morgan fingerprint density at radius 2 is 1.30 bits per heavy atom. The maximum Gasteiger partial charge on any atom is 0.0542 e. The first-order chi connectivity index (χ1) is 11.3. The molecule has 0 radical (unpaired) electrons. The van der Waals surface area contributed by atoms with E-state index in [1.165, 1.54) is 11.1 Å². The zero-order chi connectivity index (χ0) is 15.9. The van der Waals surface area contributed by atoms with E-state index in [0.717, 1.165) is 31.7 Å². The van der Waals surface area contributed by atoms with Crippen LogP contribution in [0.15, 0.2) is 59.7 Å². The van der Waals surface area contributed by atoms with Crippen LogP contribution in [-0.4, -0.2) is 49.4 Å². The van der Waals surface area contributed by atoms with E-state index in [1.807, 2.05) is 12.3 Å². The van der Waals surface area contributed by atoms with Gasteiger partial charge in [0.1, 0.15) is 0 Å². The summed E-state index contributed by atoms with van der Waals surface area (Å²) in [6.45, 7) is 4.18. The number of hydrogen-bond donors (Lipinski definition) is 0. The van der Waals surface area contributed by atoms with Crippen molar-refractivity contribution in [2.75, 3.05) is 33.2 Å². The van der Waals surface area contributed by atoms with E-state index in [2.05, 4.69) is 82.7 Å². The number of benzene rings is 2. The van der Waals surface area contributed by atoms with Crippen LogP contribution in [0.1, 0.15) is 16.7 Å². The number of likely N-dealkylation sites (N-methyl/N-ethyl adjacent to an activating group) is 1. The largest absolute Gasteiger partial charge is 0.303 e. The molecule has 0 N–H and O–H groups in total. The number of piperazine rings is 1. The van der Waals surface area contributed by atoms with Gasteiger partial charge in [-0.15, -0.1) is 0 Å². The minimum absolute atomic E-state index is 1.00. The van der Waals surface area contributed by atoms with Gasteiger partial charge in [0.25, 0.3) is 0 Å². The Kier molecular flexibility index (Phi) is 5.22. The van der Waals surface area contributed by atoms with Crippen molar-refractivity contribution in [1.29, 1.82) is 0 Å². The van der Waals surface area contributed by atoms with Crippen LogP contribution in [0.25, 0.3) is 12.2 Å². The lowest BCUT2D eigenvalue weighted by molar-refractivity contribution is 0.159. The number of nitrogens with zero attached hydrogens (tertiary/aromatic N) is 3. The van der Waals surface area contributed by atoms with E-state index in [4.69, 9.17) is 0 Å². The molecule has 0 saturated carbocycles. The van der Waals surface area contributed by atoms with E-state index < -0.39 is 0 Å². The highest BCUT2D eigenvalue weighted by molar-refractivity contribution is 5.80. The summed E-state index contributed by atoms with van der Waals surface area (Å²) in [5, 5.41) is 6.72. The minimum atomic E-state index is 1.00. The van der Waals surface area contributed by atoms with Gasteiger partial charge in [-0.3, -0.25) is 5.01 Å². The third kappa shape index (κ3) is 4.80. The van der Waals surface area contributed by atoms with Gasteiger partial charge < -0.3 is 4.90 Å². The molecule has 3 nitrogen and oxygen atoms in total. The monoisotopic (exact) mass is 305 g/mol. The predicted octanol–water partition coefficient (Wildman–Crippen LogP) is 3.44. The first kappa shape index (κ1) is 15.5. The second-order valence-corrected chi connectivity index (χ2v) is 5.91. The molecule has 118 valence electrons. The summed E-state index contributed by atoms with van der Waals surface area (Å²) in [7, 11) is 2.16. The summed E-state index contributed by atoms with van der Waals surface area (Å²) < 4.78 is 0. The summed E-state index contributed by atoms with van der Waals surface area (Å²) in [5.41, 5.74) is 3.56. The van der Waals surface area contributed by atoms with Gasteiger partial charge in [0.2, 0.25) is 0 Å². The number of hydrazone groups is 1. The van der Waals surface area contributed by atoms with Gasteiger partial charge >= 0.3 is 0 Å². The molecule has 2 aromatic carbocycles. The average Bonchev–Trinajstić information content (AvgIpc) is 2.61. The first-order valence-electron chi connectivity index (χ1n) is 8.10. The van der Waals surface area contributed by atoms with Gasteiger partial charge in [0.05, 0.1) is 6.21 Å². The zero-order valence-corrected chi connectivity index (χ0v) is 13.6. The van der Waals surface area contributed by atoms with Crippen LogP contribution in [-0.2, 0) is 0 Å². The van der Waals surface area contributed by atoms with Crippen molar-refractivity contribution in [3.63, 3.8) is 0 Å². The Hall–Kier alpha value is -2.39. The van der Waals surface area contributed by atoms with Crippen LogP contribution in [0.2, 0.25) is 0 Å².